The molecule has 0 aliphatic carbocycles. The number of aliphatic hydroxyl groups is 1. The molecule has 1 heterocycles. The molecule has 1 rings (SSSR count). The van der Waals surface area contributed by atoms with Crippen molar-refractivity contribution >= 4 is 6.03 Å². The van der Waals surface area contributed by atoms with E-state index in [1.807, 2.05) is 12.1 Å². The van der Waals surface area contributed by atoms with E-state index in [-0.39, 0.29) is 19.2 Å². The number of aromatic nitrogens is 1. The van der Waals surface area contributed by atoms with Crippen LogP contribution in [0.15, 0.2) is 24.5 Å². The van der Waals surface area contributed by atoms with E-state index >= 15 is 0 Å². The van der Waals surface area contributed by atoms with Crippen LogP contribution in [0.25, 0.3) is 0 Å². The Morgan fingerprint density at radius 3 is 3.00 bits per heavy atom. The van der Waals surface area contributed by atoms with Crippen LogP contribution in [-0.4, -0.2) is 29.3 Å². The lowest BCUT2D eigenvalue weighted by Gasteiger charge is -2.05. The average molecular weight is 195 g/mol. The Kier molecular flexibility index (Phi) is 4.43. The van der Waals surface area contributed by atoms with Crippen molar-refractivity contribution in [2.45, 2.75) is 6.54 Å². The van der Waals surface area contributed by atoms with E-state index < -0.39 is 0 Å². The lowest BCUT2D eigenvalue weighted by atomic mass is 10.3. The van der Waals surface area contributed by atoms with Gasteiger partial charge in [0.25, 0.3) is 0 Å². The number of carbonyl (C=O) groups is 1. The van der Waals surface area contributed by atoms with Crippen molar-refractivity contribution in [1.82, 2.24) is 15.6 Å². The highest BCUT2D eigenvalue weighted by molar-refractivity contribution is 5.73. The minimum Gasteiger partial charge on any atom is -0.395 e. The first-order valence-corrected chi connectivity index (χ1v) is 4.34. The van der Waals surface area contributed by atoms with E-state index in [0.29, 0.717) is 6.54 Å². The number of nitrogens with zero attached hydrogens (tertiary/aromatic N) is 1. The number of urea groups is 1. The van der Waals surface area contributed by atoms with Crippen LogP contribution in [0.5, 0.6) is 0 Å². The molecular formula is C9H13N3O2. The topological polar surface area (TPSA) is 74.2 Å². The van der Waals surface area contributed by atoms with Crippen LogP contribution in [0.4, 0.5) is 4.79 Å². The zero-order chi connectivity index (χ0) is 10.2. The van der Waals surface area contributed by atoms with Gasteiger partial charge in [0.15, 0.2) is 0 Å². The highest BCUT2D eigenvalue weighted by Crippen LogP contribution is 1.93. The van der Waals surface area contributed by atoms with Gasteiger partial charge in [-0.3, -0.25) is 4.98 Å². The van der Waals surface area contributed by atoms with E-state index in [0.717, 1.165) is 5.56 Å². The molecule has 0 unspecified atom stereocenters. The van der Waals surface area contributed by atoms with Gasteiger partial charge in [-0.15, -0.1) is 0 Å². The number of rotatable bonds is 4. The zero-order valence-electron chi connectivity index (χ0n) is 7.73. The second-order valence-electron chi connectivity index (χ2n) is 2.69. The molecule has 0 fully saturated rings. The molecule has 5 heteroatoms. The second kappa shape index (κ2) is 5.93. The summed E-state index contributed by atoms with van der Waals surface area (Å²) in [6.07, 6.45) is 3.36. The largest absolute Gasteiger partial charge is 0.395 e. The van der Waals surface area contributed by atoms with Crippen LogP contribution in [-0.2, 0) is 6.54 Å². The molecule has 0 aliphatic rings. The minimum atomic E-state index is -0.289. The van der Waals surface area contributed by atoms with Crippen LogP contribution < -0.4 is 10.6 Å². The third-order valence-electron chi connectivity index (χ3n) is 1.57. The molecule has 3 N–H and O–H groups in total. The predicted molar refractivity (Wildman–Crippen MR) is 51.6 cm³/mol. The minimum absolute atomic E-state index is 0.0552. The van der Waals surface area contributed by atoms with Gasteiger partial charge in [-0.1, -0.05) is 6.07 Å². The lowest BCUT2D eigenvalue weighted by Crippen LogP contribution is -2.36. The summed E-state index contributed by atoms with van der Waals surface area (Å²) in [5, 5.41) is 13.6. The Bertz CT molecular complexity index is 277. The lowest BCUT2D eigenvalue weighted by molar-refractivity contribution is 0.234. The Labute approximate surface area is 82.2 Å². The molecular weight excluding hydrogens is 182 g/mol. The van der Waals surface area contributed by atoms with Crippen molar-refractivity contribution in [2.24, 2.45) is 0 Å². The van der Waals surface area contributed by atoms with Crippen LogP contribution in [0.1, 0.15) is 5.56 Å². The summed E-state index contributed by atoms with van der Waals surface area (Å²) in [5.41, 5.74) is 0.937. The number of amides is 2. The summed E-state index contributed by atoms with van der Waals surface area (Å²) < 4.78 is 0. The van der Waals surface area contributed by atoms with Crippen LogP contribution in [0.2, 0.25) is 0 Å². The molecule has 0 saturated carbocycles. The normalized spacial score (nSPS) is 9.50. The van der Waals surface area contributed by atoms with Crippen molar-refractivity contribution in [1.29, 1.82) is 0 Å². The summed E-state index contributed by atoms with van der Waals surface area (Å²) in [7, 11) is 0. The maximum absolute atomic E-state index is 11.0. The molecule has 76 valence electrons. The first-order chi connectivity index (χ1) is 6.83. The van der Waals surface area contributed by atoms with Gasteiger partial charge in [-0.2, -0.15) is 0 Å². The maximum atomic E-state index is 11.0. The van der Waals surface area contributed by atoms with E-state index in [9.17, 15) is 4.79 Å². The fraction of sp³-hybridized carbons (Fsp3) is 0.333. The molecule has 5 nitrogen and oxygen atoms in total. The quantitative estimate of drug-likeness (QED) is 0.626. The summed E-state index contributed by atoms with van der Waals surface area (Å²) in [4.78, 5) is 14.9. The van der Waals surface area contributed by atoms with Crippen molar-refractivity contribution in [3.05, 3.63) is 30.1 Å². The number of nitrogens with one attached hydrogen (secondary N) is 2. The first kappa shape index (κ1) is 10.5. The molecule has 0 saturated heterocycles. The SMILES string of the molecule is O=C(NCCO)NCc1cccnc1. The molecule has 0 aliphatic heterocycles. The molecule has 0 bridgehead atoms. The van der Waals surface area contributed by atoms with Crippen molar-refractivity contribution in [2.75, 3.05) is 13.2 Å². The third-order valence-corrected chi connectivity index (χ3v) is 1.57. The summed E-state index contributed by atoms with van der Waals surface area (Å²) in [6.45, 7) is 0.643. The zero-order valence-corrected chi connectivity index (χ0v) is 7.73. The van der Waals surface area contributed by atoms with Gasteiger partial charge in [-0.05, 0) is 11.6 Å². The van der Waals surface area contributed by atoms with Gasteiger partial charge in [-0.25, -0.2) is 4.79 Å². The summed E-state index contributed by atoms with van der Waals surface area (Å²) in [5.74, 6) is 0. The number of hydrogen-bond acceptors (Lipinski definition) is 3. The number of pyridine rings is 1. The fourth-order valence-corrected chi connectivity index (χ4v) is 0.917. The predicted octanol–water partition coefficient (Wildman–Crippen LogP) is -0.127. The highest BCUT2D eigenvalue weighted by Gasteiger charge is 1.98. The van der Waals surface area contributed by atoms with Crippen LogP contribution in [0.3, 0.4) is 0 Å². The molecule has 0 radical (unpaired) electrons. The van der Waals surface area contributed by atoms with E-state index in [4.69, 9.17) is 5.11 Å². The Hall–Kier alpha value is -1.62. The standard InChI is InChI=1S/C9H13N3O2/c13-5-4-11-9(14)12-7-8-2-1-3-10-6-8/h1-3,6,13H,4-5,7H2,(H2,11,12,14). The van der Waals surface area contributed by atoms with Gasteiger partial charge >= 0.3 is 6.03 Å². The van der Waals surface area contributed by atoms with Crippen molar-refractivity contribution in [3.8, 4) is 0 Å². The van der Waals surface area contributed by atoms with Crippen molar-refractivity contribution < 1.29 is 9.90 Å². The number of hydrogen-bond donors (Lipinski definition) is 3. The fourth-order valence-electron chi connectivity index (χ4n) is 0.917. The van der Waals surface area contributed by atoms with Crippen LogP contribution in [0, 0.1) is 0 Å². The molecule has 0 atom stereocenters. The van der Waals surface area contributed by atoms with Gasteiger partial charge in [0, 0.05) is 25.5 Å². The summed E-state index contributed by atoms with van der Waals surface area (Å²) in [6, 6.07) is 3.39. The number of aliphatic hydroxyl groups excluding tert-OH is 1. The van der Waals surface area contributed by atoms with E-state index in [2.05, 4.69) is 15.6 Å². The Balaban J connectivity index is 2.24. The maximum Gasteiger partial charge on any atom is 0.315 e. The molecule has 0 aromatic carbocycles. The molecule has 0 spiro atoms. The molecule has 2 amide bonds. The molecule has 1 aromatic heterocycles. The monoisotopic (exact) mass is 195 g/mol. The number of carbonyl (C=O) groups excluding carboxylic acids is 1. The smallest absolute Gasteiger partial charge is 0.315 e. The van der Waals surface area contributed by atoms with Crippen molar-refractivity contribution in [3.63, 3.8) is 0 Å². The van der Waals surface area contributed by atoms with E-state index in [1.54, 1.807) is 12.4 Å². The third kappa shape index (κ3) is 3.86. The average Bonchev–Trinajstić information content (AvgIpc) is 2.25. The Morgan fingerprint density at radius 2 is 2.36 bits per heavy atom. The van der Waals surface area contributed by atoms with Gasteiger partial charge in [0.1, 0.15) is 0 Å². The van der Waals surface area contributed by atoms with E-state index in [1.165, 1.54) is 0 Å². The van der Waals surface area contributed by atoms with Gasteiger partial charge in [0.05, 0.1) is 6.61 Å². The molecule has 1 aromatic rings. The highest BCUT2D eigenvalue weighted by atomic mass is 16.3. The van der Waals surface area contributed by atoms with Crippen LogP contribution >= 0.6 is 0 Å². The second-order valence-corrected chi connectivity index (χ2v) is 2.69. The summed E-state index contributed by atoms with van der Waals surface area (Å²) >= 11 is 0. The Morgan fingerprint density at radius 1 is 1.50 bits per heavy atom. The van der Waals surface area contributed by atoms with Gasteiger partial charge in [0.2, 0.25) is 0 Å². The molecule has 14 heavy (non-hydrogen) atoms. The first-order valence-electron chi connectivity index (χ1n) is 4.34. The van der Waals surface area contributed by atoms with Gasteiger partial charge < -0.3 is 15.7 Å².